The SMILES string of the molecule is CC(=O)Nc1ccc(CNC2COC(CNC(=O)c3ccccc3)C2O)cc1. The van der Waals surface area contributed by atoms with E-state index in [0.717, 1.165) is 11.3 Å². The summed E-state index contributed by atoms with van der Waals surface area (Å²) in [6.07, 6.45) is -1.16. The average molecular weight is 383 g/mol. The molecule has 2 aromatic rings. The van der Waals surface area contributed by atoms with Crippen LogP contribution >= 0.6 is 0 Å². The van der Waals surface area contributed by atoms with Crippen LogP contribution in [-0.2, 0) is 16.1 Å². The third-order valence-electron chi connectivity index (χ3n) is 4.63. The molecular formula is C21H25N3O4. The van der Waals surface area contributed by atoms with E-state index >= 15 is 0 Å². The lowest BCUT2D eigenvalue weighted by Gasteiger charge is -2.19. The Kier molecular flexibility index (Phi) is 6.76. The second kappa shape index (κ2) is 9.45. The number of carbonyl (C=O) groups is 2. The van der Waals surface area contributed by atoms with Crippen LogP contribution in [0.15, 0.2) is 54.6 Å². The molecule has 3 rings (SSSR count). The Labute approximate surface area is 164 Å². The Bertz CT molecular complexity index is 795. The van der Waals surface area contributed by atoms with Crippen LogP contribution in [-0.4, -0.2) is 48.3 Å². The molecule has 0 aromatic heterocycles. The third-order valence-corrected chi connectivity index (χ3v) is 4.63. The molecule has 0 aliphatic carbocycles. The van der Waals surface area contributed by atoms with Crippen molar-refractivity contribution in [3.05, 3.63) is 65.7 Å². The van der Waals surface area contributed by atoms with E-state index in [2.05, 4.69) is 16.0 Å². The van der Waals surface area contributed by atoms with Crippen molar-refractivity contribution in [2.24, 2.45) is 0 Å². The van der Waals surface area contributed by atoms with Crippen LogP contribution in [0.3, 0.4) is 0 Å². The second-order valence-electron chi connectivity index (χ2n) is 6.80. The molecule has 2 aromatic carbocycles. The molecular weight excluding hydrogens is 358 g/mol. The van der Waals surface area contributed by atoms with Crippen molar-refractivity contribution in [2.75, 3.05) is 18.5 Å². The molecule has 1 heterocycles. The van der Waals surface area contributed by atoms with Crippen LogP contribution in [0.4, 0.5) is 5.69 Å². The highest BCUT2D eigenvalue weighted by Gasteiger charge is 2.35. The molecule has 4 N–H and O–H groups in total. The fourth-order valence-corrected chi connectivity index (χ4v) is 3.09. The first-order valence-corrected chi connectivity index (χ1v) is 9.26. The van der Waals surface area contributed by atoms with Gasteiger partial charge < -0.3 is 25.8 Å². The van der Waals surface area contributed by atoms with Crippen LogP contribution in [0.2, 0.25) is 0 Å². The van der Waals surface area contributed by atoms with Gasteiger partial charge in [0.25, 0.3) is 5.91 Å². The van der Waals surface area contributed by atoms with Gasteiger partial charge >= 0.3 is 0 Å². The van der Waals surface area contributed by atoms with Crippen LogP contribution in [0, 0.1) is 0 Å². The first kappa shape index (κ1) is 20.0. The molecule has 1 aliphatic rings. The number of hydrogen-bond acceptors (Lipinski definition) is 5. The van der Waals surface area contributed by atoms with Crippen molar-refractivity contribution >= 4 is 17.5 Å². The van der Waals surface area contributed by atoms with E-state index in [0.29, 0.717) is 18.7 Å². The highest BCUT2D eigenvalue weighted by molar-refractivity contribution is 5.94. The molecule has 1 saturated heterocycles. The summed E-state index contributed by atoms with van der Waals surface area (Å²) in [6, 6.07) is 16.2. The van der Waals surface area contributed by atoms with Gasteiger partial charge in [0.15, 0.2) is 0 Å². The Hall–Kier alpha value is -2.74. The van der Waals surface area contributed by atoms with Gasteiger partial charge in [0, 0.05) is 31.3 Å². The van der Waals surface area contributed by atoms with Gasteiger partial charge in [-0.1, -0.05) is 30.3 Å². The number of hydrogen-bond donors (Lipinski definition) is 4. The molecule has 0 bridgehead atoms. The van der Waals surface area contributed by atoms with Gasteiger partial charge in [0.1, 0.15) is 6.10 Å². The largest absolute Gasteiger partial charge is 0.389 e. The number of amides is 2. The standard InChI is InChI=1S/C21H25N3O4/c1-14(25)24-17-9-7-15(8-10-17)11-22-18-13-28-19(20(18)26)12-23-21(27)16-5-3-2-4-6-16/h2-10,18-20,22,26H,11-13H2,1H3,(H,23,27)(H,24,25). The Morgan fingerprint density at radius 2 is 1.82 bits per heavy atom. The molecule has 7 nitrogen and oxygen atoms in total. The van der Waals surface area contributed by atoms with Gasteiger partial charge in [0.2, 0.25) is 5.91 Å². The minimum atomic E-state index is -0.713. The zero-order chi connectivity index (χ0) is 19.9. The summed E-state index contributed by atoms with van der Waals surface area (Å²) in [5.74, 6) is -0.297. The number of carbonyl (C=O) groups excluding carboxylic acids is 2. The first-order chi connectivity index (χ1) is 13.5. The van der Waals surface area contributed by atoms with Gasteiger partial charge in [-0.3, -0.25) is 9.59 Å². The van der Waals surface area contributed by atoms with E-state index in [1.807, 2.05) is 30.3 Å². The molecule has 3 unspecified atom stereocenters. The van der Waals surface area contributed by atoms with Crippen LogP contribution in [0.5, 0.6) is 0 Å². The molecule has 0 radical (unpaired) electrons. The number of aliphatic hydroxyl groups excluding tert-OH is 1. The zero-order valence-corrected chi connectivity index (χ0v) is 15.7. The smallest absolute Gasteiger partial charge is 0.251 e. The number of nitrogens with one attached hydrogen (secondary N) is 3. The molecule has 148 valence electrons. The molecule has 7 heteroatoms. The quantitative estimate of drug-likeness (QED) is 0.577. The Morgan fingerprint density at radius 1 is 1.11 bits per heavy atom. The average Bonchev–Trinajstić information content (AvgIpc) is 3.05. The summed E-state index contributed by atoms with van der Waals surface area (Å²) in [5.41, 5.74) is 2.35. The van der Waals surface area contributed by atoms with Gasteiger partial charge in [-0.15, -0.1) is 0 Å². The fourth-order valence-electron chi connectivity index (χ4n) is 3.09. The summed E-state index contributed by atoms with van der Waals surface area (Å²) in [5, 5.41) is 19.3. The van der Waals surface area contributed by atoms with Crippen LogP contribution in [0.1, 0.15) is 22.8 Å². The predicted octanol–water partition coefficient (Wildman–Crippen LogP) is 1.29. The van der Waals surface area contributed by atoms with E-state index in [-0.39, 0.29) is 24.4 Å². The topological polar surface area (TPSA) is 99.7 Å². The van der Waals surface area contributed by atoms with Gasteiger partial charge in [0.05, 0.1) is 18.8 Å². The van der Waals surface area contributed by atoms with E-state index in [1.165, 1.54) is 6.92 Å². The van der Waals surface area contributed by atoms with Gasteiger partial charge in [-0.25, -0.2) is 0 Å². The number of ether oxygens (including phenoxy) is 1. The van der Waals surface area contributed by atoms with Crippen LogP contribution < -0.4 is 16.0 Å². The monoisotopic (exact) mass is 383 g/mol. The maximum Gasteiger partial charge on any atom is 0.251 e. The molecule has 0 saturated carbocycles. The Morgan fingerprint density at radius 3 is 2.50 bits per heavy atom. The van der Waals surface area contributed by atoms with E-state index in [4.69, 9.17) is 4.74 Å². The minimum absolute atomic E-state index is 0.109. The third kappa shape index (κ3) is 5.39. The maximum absolute atomic E-state index is 12.1. The molecule has 0 spiro atoms. The van der Waals surface area contributed by atoms with Crippen molar-refractivity contribution in [3.8, 4) is 0 Å². The lowest BCUT2D eigenvalue weighted by molar-refractivity contribution is -0.114. The number of benzene rings is 2. The normalized spacial score (nSPS) is 21.3. The van der Waals surface area contributed by atoms with E-state index in [1.54, 1.807) is 24.3 Å². The maximum atomic E-state index is 12.1. The molecule has 28 heavy (non-hydrogen) atoms. The molecule has 3 atom stereocenters. The highest BCUT2D eigenvalue weighted by atomic mass is 16.5. The summed E-state index contributed by atoms with van der Waals surface area (Å²) < 4.78 is 5.64. The summed E-state index contributed by atoms with van der Waals surface area (Å²) in [7, 11) is 0. The number of aliphatic hydroxyl groups is 1. The number of rotatable bonds is 7. The Balaban J connectivity index is 1.44. The highest BCUT2D eigenvalue weighted by Crippen LogP contribution is 2.16. The van der Waals surface area contributed by atoms with Crippen molar-refractivity contribution in [1.82, 2.24) is 10.6 Å². The second-order valence-corrected chi connectivity index (χ2v) is 6.80. The molecule has 1 fully saturated rings. The van der Waals surface area contributed by atoms with Gasteiger partial charge in [-0.05, 0) is 29.8 Å². The number of anilines is 1. The van der Waals surface area contributed by atoms with Crippen LogP contribution in [0.25, 0.3) is 0 Å². The summed E-state index contributed by atoms with van der Waals surface area (Å²) in [6.45, 7) is 2.65. The lowest BCUT2D eigenvalue weighted by Crippen LogP contribution is -2.44. The minimum Gasteiger partial charge on any atom is -0.389 e. The predicted molar refractivity (Wildman–Crippen MR) is 106 cm³/mol. The van der Waals surface area contributed by atoms with Crippen molar-refractivity contribution in [1.29, 1.82) is 0 Å². The van der Waals surface area contributed by atoms with E-state index in [9.17, 15) is 14.7 Å². The van der Waals surface area contributed by atoms with Crippen molar-refractivity contribution in [3.63, 3.8) is 0 Å². The molecule has 1 aliphatic heterocycles. The summed E-state index contributed by atoms with van der Waals surface area (Å²) >= 11 is 0. The van der Waals surface area contributed by atoms with Crippen molar-refractivity contribution < 1.29 is 19.4 Å². The lowest BCUT2D eigenvalue weighted by atomic mass is 10.1. The fraction of sp³-hybridized carbons (Fsp3) is 0.333. The molecule has 2 amide bonds. The van der Waals surface area contributed by atoms with Crippen molar-refractivity contribution in [2.45, 2.75) is 31.7 Å². The van der Waals surface area contributed by atoms with E-state index < -0.39 is 12.2 Å². The zero-order valence-electron chi connectivity index (χ0n) is 15.7. The summed E-state index contributed by atoms with van der Waals surface area (Å²) in [4.78, 5) is 23.2. The first-order valence-electron chi connectivity index (χ1n) is 9.26. The van der Waals surface area contributed by atoms with Gasteiger partial charge in [-0.2, -0.15) is 0 Å².